The molecule has 0 saturated carbocycles. The molecule has 78 valence electrons. The molecule has 0 aliphatic carbocycles. The van der Waals surface area contributed by atoms with Crippen LogP contribution in [0.25, 0.3) is 11.3 Å². The molecule has 0 spiro atoms. The molecule has 0 radical (unpaired) electrons. The molecule has 1 aromatic carbocycles. The zero-order chi connectivity index (χ0) is 11.0. The van der Waals surface area contributed by atoms with Gasteiger partial charge in [0.25, 0.3) is 0 Å². The van der Waals surface area contributed by atoms with Gasteiger partial charge in [-0.3, -0.25) is 0 Å². The Labute approximate surface area is 85.3 Å². The van der Waals surface area contributed by atoms with Crippen LogP contribution in [0.4, 0.5) is 14.5 Å². The number of halogens is 2. The molecule has 1 aromatic heterocycles. The largest absolute Gasteiger partial charge is 0.461 e. The maximum Gasteiger partial charge on any atom is 0.149 e. The quantitative estimate of drug-likeness (QED) is 0.733. The first-order chi connectivity index (χ1) is 7.08. The van der Waals surface area contributed by atoms with E-state index in [1.807, 2.05) is 0 Å². The van der Waals surface area contributed by atoms with Gasteiger partial charge in [0.2, 0.25) is 0 Å². The average molecular weight is 209 g/mol. The molecule has 0 aliphatic heterocycles. The van der Waals surface area contributed by atoms with Crippen LogP contribution in [0.15, 0.2) is 28.7 Å². The van der Waals surface area contributed by atoms with Gasteiger partial charge in [-0.05, 0) is 25.1 Å². The number of hydrogen-bond donors (Lipinski definition) is 1. The highest BCUT2D eigenvalue weighted by Crippen LogP contribution is 2.28. The molecular formula is C11H9F2NO. The highest BCUT2D eigenvalue weighted by atomic mass is 19.1. The number of anilines is 1. The molecule has 2 rings (SSSR count). The fourth-order valence-corrected chi connectivity index (χ4v) is 1.33. The fraction of sp³-hybridized carbons (Fsp3) is 0.0909. The summed E-state index contributed by atoms with van der Waals surface area (Å²) >= 11 is 0. The van der Waals surface area contributed by atoms with Crippen molar-refractivity contribution in [2.24, 2.45) is 0 Å². The van der Waals surface area contributed by atoms with Gasteiger partial charge in [0.1, 0.15) is 23.2 Å². The fourth-order valence-electron chi connectivity index (χ4n) is 1.33. The highest BCUT2D eigenvalue weighted by Gasteiger charge is 2.12. The van der Waals surface area contributed by atoms with E-state index >= 15 is 0 Å². The lowest BCUT2D eigenvalue weighted by atomic mass is 10.1. The summed E-state index contributed by atoms with van der Waals surface area (Å²) in [6, 6.07) is 5.30. The van der Waals surface area contributed by atoms with E-state index in [1.54, 1.807) is 19.1 Å². The van der Waals surface area contributed by atoms with Gasteiger partial charge in [-0.25, -0.2) is 8.78 Å². The van der Waals surface area contributed by atoms with Crippen LogP contribution in [0.1, 0.15) is 5.76 Å². The normalized spacial score (nSPS) is 10.6. The first kappa shape index (κ1) is 9.71. The molecule has 0 amide bonds. The number of benzene rings is 1. The zero-order valence-electron chi connectivity index (χ0n) is 8.05. The van der Waals surface area contributed by atoms with E-state index in [-0.39, 0.29) is 11.3 Å². The minimum Gasteiger partial charge on any atom is -0.461 e. The van der Waals surface area contributed by atoms with Gasteiger partial charge in [-0.1, -0.05) is 0 Å². The van der Waals surface area contributed by atoms with E-state index in [1.165, 1.54) is 6.07 Å². The Morgan fingerprint density at radius 2 is 1.87 bits per heavy atom. The molecule has 0 aliphatic rings. The van der Waals surface area contributed by atoms with E-state index in [2.05, 4.69) is 0 Å². The Balaban J connectivity index is 2.58. The van der Waals surface area contributed by atoms with Crippen molar-refractivity contribution >= 4 is 5.69 Å². The van der Waals surface area contributed by atoms with Crippen molar-refractivity contribution < 1.29 is 13.2 Å². The monoisotopic (exact) mass is 209 g/mol. The lowest BCUT2D eigenvalue weighted by Crippen LogP contribution is -1.93. The van der Waals surface area contributed by atoms with Crippen molar-refractivity contribution in [1.29, 1.82) is 0 Å². The van der Waals surface area contributed by atoms with Crippen LogP contribution < -0.4 is 5.73 Å². The van der Waals surface area contributed by atoms with E-state index < -0.39 is 11.6 Å². The third-order valence-corrected chi connectivity index (χ3v) is 2.09. The molecule has 2 aromatic rings. The van der Waals surface area contributed by atoms with Gasteiger partial charge in [0.05, 0.1) is 11.3 Å². The lowest BCUT2D eigenvalue weighted by Gasteiger charge is -2.02. The smallest absolute Gasteiger partial charge is 0.149 e. The van der Waals surface area contributed by atoms with Crippen molar-refractivity contribution in [1.82, 2.24) is 0 Å². The Kier molecular flexibility index (Phi) is 2.19. The number of aryl methyl sites for hydroxylation is 1. The molecule has 0 saturated heterocycles. The topological polar surface area (TPSA) is 39.2 Å². The summed E-state index contributed by atoms with van der Waals surface area (Å²) < 4.78 is 31.5. The second kappa shape index (κ2) is 3.38. The van der Waals surface area contributed by atoms with Gasteiger partial charge in [0.15, 0.2) is 0 Å². The van der Waals surface area contributed by atoms with E-state index in [0.29, 0.717) is 11.5 Å². The number of nitrogens with two attached hydrogens (primary N) is 1. The molecule has 0 unspecified atom stereocenters. The van der Waals surface area contributed by atoms with E-state index in [0.717, 1.165) is 6.07 Å². The summed E-state index contributed by atoms with van der Waals surface area (Å²) in [6.45, 7) is 1.74. The number of hydrogen-bond acceptors (Lipinski definition) is 2. The van der Waals surface area contributed by atoms with Crippen molar-refractivity contribution in [3.05, 3.63) is 41.7 Å². The summed E-state index contributed by atoms with van der Waals surface area (Å²) in [5, 5.41) is 0. The number of nitrogen functional groups attached to an aromatic ring is 1. The molecule has 2 N–H and O–H groups in total. The SMILES string of the molecule is Cc1ccc(-c2cc(N)c(F)cc2F)o1. The van der Waals surface area contributed by atoms with Crippen LogP contribution in [0.3, 0.4) is 0 Å². The van der Waals surface area contributed by atoms with E-state index in [4.69, 9.17) is 10.2 Å². The molecule has 4 heteroatoms. The van der Waals surface area contributed by atoms with Crippen LogP contribution in [0, 0.1) is 18.6 Å². The first-order valence-electron chi connectivity index (χ1n) is 4.39. The second-order valence-electron chi connectivity index (χ2n) is 3.26. The molecule has 0 bridgehead atoms. The summed E-state index contributed by atoms with van der Waals surface area (Å²) in [5.74, 6) is -0.445. The highest BCUT2D eigenvalue weighted by molar-refractivity contribution is 5.64. The van der Waals surface area contributed by atoms with Crippen molar-refractivity contribution in [2.75, 3.05) is 5.73 Å². The Morgan fingerprint density at radius 3 is 2.47 bits per heavy atom. The molecule has 15 heavy (non-hydrogen) atoms. The summed E-state index contributed by atoms with van der Waals surface area (Å²) in [5.41, 5.74) is 5.42. The standard InChI is InChI=1S/C11H9F2NO/c1-6-2-3-11(15-6)7-4-10(14)9(13)5-8(7)12/h2-5H,14H2,1H3. The number of rotatable bonds is 1. The lowest BCUT2D eigenvalue weighted by molar-refractivity contribution is 0.538. The van der Waals surface area contributed by atoms with Crippen molar-refractivity contribution in [3.8, 4) is 11.3 Å². The predicted molar refractivity (Wildman–Crippen MR) is 53.2 cm³/mol. The minimum atomic E-state index is -0.764. The maximum atomic E-state index is 13.4. The van der Waals surface area contributed by atoms with Crippen LogP contribution in [-0.4, -0.2) is 0 Å². The maximum absolute atomic E-state index is 13.4. The Morgan fingerprint density at radius 1 is 1.13 bits per heavy atom. The molecule has 2 nitrogen and oxygen atoms in total. The predicted octanol–water partition coefficient (Wildman–Crippen LogP) is 3.12. The first-order valence-corrected chi connectivity index (χ1v) is 4.39. The third-order valence-electron chi connectivity index (χ3n) is 2.09. The van der Waals surface area contributed by atoms with Crippen LogP contribution in [0.2, 0.25) is 0 Å². The molecule has 0 atom stereocenters. The summed E-state index contributed by atoms with van der Waals surface area (Å²) in [6.07, 6.45) is 0. The van der Waals surface area contributed by atoms with Gasteiger partial charge < -0.3 is 10.2 Å². The number of furan rings is 1. The van der Waals surface area contributed by atoms with Gasteiger partial charge in [0, 0.05) is 6.07 Å². The Hall–Kier alpha value is -1.84. The second-order valence-corrected chi connectivity index (χ2v) is 3.26. The van der Waals surface area contributed by atoms with Gasteiger partial charge in [-0.2, -0.15) is 0 Å². The van der Waals surface area contributed by atoms with Gasteiger partial charge >= 0.3 is 0 Å². The zero-order valence-corrected chi connectivity index (χ0v) is 8.05. The average Bonchev–Trinajstić information content (AvgIpc) is 2.58. The van der Waals surface area contributed by atoms with Crippen LogP contribution >= 0.6 is 0 Å². The van der Waals surface area contributed by atoms with Gasteiger partial charge in [-0.15, -0.1) is 0 Å². The van der Waals surface area contributed by atoms with Crippen LogP contribution in [0.5, 0.6) is 0 Å². The van der Waals surface area contributed by atoms with Crippen molar-refractivity contribution in [2.45, 2.75) is 6.92 Å². The summed E-state index contributed by atoms with van der Waals surface area (Å²) in [7, 11) is 0. The third kappa shape index (κ3) is 1.70. The van der Waals surface area contributed by atoms with E-state index in [9.17, 15) is 8.78 Å². The van der Waals surface area contributed by atoms with Crippen LogP contribution in [-0.2, 0) is 0 Å². The molecule has 1 heterocycles. The molecular weight excluding hydrogens is 200 g/mol. The Bertz CT molecular complexity index is 505. The van der Waals surface area contributed by atoms with Crippen molar-refractivity contribution in [3.63, 3.8) is 0 Å². The minimum absolute atomic E-state index is 0.0968. The summed E-state index contributed by atoms with van der Waals surface area (Å²) in [4.78, 5) is 0. The molecule has 0 fully saturated rings.